The molecular weight excluding hydrogens is 426 g/mol. The van der Waals surface area contributed by atoms with Gasteiger partial charge < -0.3 is 15.3 Å². The smallest absolute Gasteiger partial charge is 0.147 e. The first-order valence-electron chi connectivity index (χ1n) is 11.5. The van der Waals surface area contributed by atoms with Gasteiger partial charge in [-0.1, -0.05) is 0 Å². The molecule has 3 aromatic rings. The number of anilines is 1. The van der Waals surface area contributed by atoms with Gasteiger partial charge in [0.15, 0.2) is 0 Å². The number of aromatic nitrogens is 4. The summed E-state index contributed by atoms with van der Waals surface area (Å²) in [6.45, 7) is 0. The van der Waals surface area contributed by atoms with Crippen LogP contribution in [0.15, 0.2) is 36.9 Å². The zero-order valence-electron chi connectivity index (χ0n) is 18.3. The van der Waals surface area contributed by atoms with E-state index >= 15 is 4.39 Å². The van der Waals surface area contributed by atoms with Gasteiger partial charge in [-0.25, -0.2) is 13.8 Å². The Morgan fingerprint density at radius 3 is 2.64 bits per heavy atom. The van der Waals surface area contributed by atoms with Crippen molar-refractivity contribution in [3.05, 3.63) is 42.7 Å². The lowest BCUT2D eigenvalue weighted by molar-refractivity contribution is 0.171. The summed E-state index contributed by atoms with van der Waals surface area (Å²) in [4.78, 5) is 11.2. The van der Waals surface area contributed by atoms with Crippen LogP contribution in [0.25, 0.3) is 22.4 Å². The molecule has 2 N–H and O–H groups in total. The van der Waals surface area contributed by atoms with Gasteiger partial charge in [0.05, 0.1) is 30.3 Å². The number of aromatic hydroxyl groups is 1. The molecule has 172 valence electrons. The Kier molecular flexibility index (Phi) is 4.83. The van der Waals surface area contributed by atoms with E-state index in [1.54, 1.807) is 30.3 Å². The summed E-state index contributed by atoms with van der Waals surface area (Å²) in [6.07, 6.45) is 10.2. The molecule has 2 aromatic heterocycles. The molecule has 4 heterocycles. The minimum atomic E-state index is -0.941. The molecule has 2 aliphatic heterocycles. The molecule has 3 aliphatic rings. The van der Waals surface area contributed by atoms with E-state index in [2.05, 4.69) is 25.3 Å². The first-order valence-corrected chi connectivity index (χ1v) is 11.5. The van der Waals surface area contributed by atoms with Gasteiger partial charge in [-0.2, -0.15) is 5.10 Å². The van der Waals surface area contributed by atoms with Crippen molar-refractivity contribution in [1.82, 2.24) is 25.1 Å². The number of fused-ring (bicyclic) bond motifs is 2. The lowest BCUT2D eigenvalue weighted by atomic mass is 9.96. The number of phenols is 1. The monoisotopic (exact) mass is 452 g/mol. The highest BCUT2D eigenvalue weighted by Gasteiger charge is 2.48. The number of piperidine rings is 1. The van der Waals surface area contributed by atoms with Crippen LogP contribution in [0, 0.1) is 5.82 Å². The van der Waals surface area contributed by atoms with Crippen LogP contribution in [0.4, 0.5) is 14.6 Å². The number of hydrogen-bond donors (Lipinski definition) is 2. The van der Waals surface area contributed by atoms with E-state index in [9.17, 15) is 9.50 Å². The fourth-order valence-corrected chi connectivity index (χ4v) is 5.37. The number of alkyl halides is 1. The standard InChI is InChI=1S/C24H26F2N6O/c1-31-12-13(9-29-31)16-8-22(33)17(7-18(16)25)20-10-28-23(11-27-20)32(15-3-4-15)21-6-14-2-5-19(30-14)24(21)26/h7-12,14-15,19,21,24,30,33H,2-6H2,1H3. The van der Waals surface area contributed by atoms with E-state index in [0.717, 1.165) is 32.1 Å². The first kappa shape index (κ1) is 20.5. The maximum atomic E-state index is 15.3. The molecule has 1 aromatic carbocycles. The Bertz CT molecular complexity index is 1180. The number of halogens is 2. The molecule has 0 radical (unpaired) electrons. The fraction of sp³-hybridized carbons (Fsp3) is 0.458. The van der Waals surface area contributed by atoms with Crippen LogP contribution in [-0.4, -0.2) is 55.2 Å². The summed E-state index contributed by atoms with van der Waals surface area (Å²) in [6, 6.07) is 3.00. The van der Waals surface area contributed by atoms with Crippen molar-refractivity contribution in [2.45, 2.75) is 62.4 Å². The van der Waals surface area contributed by atoms with Crippen molar-refractivity contribution in [2.24, 2.45) is 7.05 Å². The number of nitrogens with one attached hydrogen (secondary N) is 1. The highest BCUT2D eigenvalue weighted by molar-refractivity contribution is 5.74. The van der Waals surface area contributed by atoms with Crippen LogP contribution in [0.2, 0.25) is 0 Å². The molecule has 33 heavy (non-hydrogen) atoms. The van der Waals surface area contributed by atoms with Gasteiger partial charge in [0.1, 0.15) is 23.6 Å². The van der Waals surface area contributed by atoms with Crippen LogP contribution in [0.5, 0.6) is 5.75 Å². The normalized spacial score (nSPS) is 26.5. The summed E-state index contributed by atoms with van der Waals surface area (Å²) in [5.41, 5.74) is 1.48. The lowest BCUT2D eigenvalue weighted by Gasteiger charge is -2.41. The van der Waals surface area contributed by atoms with Crippen molar-refractivity contribution >= 4 is 5.82 Å². The number of phenolic OH excluding ortho intramolecular Hbond substituents is 1. The maximum Gasteiger partial charge on any atom is 0.147 e. The Balaban J connectivity index is 1.29. The molecule has 0 amide bonds. The third kappa shape index (κ3) is 3.64. The Morgan fingerprint density at radius 2 is 1.94 bits per heavy atom. The van der Waals surface area contributed by atoms with Gasteiger partial charge in [-0.3, -0.25) is 9.67 Å². The summed E-state index contributed by atoms with van der Waals surface area (Å²) in [5.74, 6) is 0.0731. The second-order valence-corrected chi connectivity index (χ2v) is 9.45. The number of hydrogen-bond acceptors (Lipinski definition) is 6. The highest BCUT2D eigenvalue weighted by atomic mass is 19.1. The fourth-order valence-electron chi connectivity index (χ4n) is 5.37. The van der Waals surface area contributed by atoms with Gasteiger partial charge in [-0.05, 0) is 44.2 Å². The molecule has 2 bridgehead atoms. The number of nitrogens with zero attached hydrogens (tertiary/aromatic N) is 5. The number of aryl methyl sites for hydroxylation is 1. The number of benzene rings is 1. The van der Waals surface area contributed by atoms with Gasteiger partial charge in [0, 0.05) is 48.1 Å². The third-order valence-electron chi connectivity index (χ3n) is 7.13. The van der Waals surface area contributed by atoms with Crippen LogP contribution in [0.3, 0.4) is 0 Å². The molecule has 9 heteroatoms. The molecule has 1 aliphatic carbocycles. The quantitative estimate of drug-likeness (QED) is 0.616. The van der Waals surface area contributed by atoms with Crippen LogP contribution < -0.4 is 10.2 Å². The molecule has 4 unspecified atom stereocenters. The van der Waals surface area contributed by atoms with E-state index in [-0.39, 0.29) is 35.0 Å². The third-order valence-corrected chi connectivity index (χ3v) is 7.13. The Hall–Kier alpha value is -3.07. The van der Waals surface area contributed by atoms with E-state index in [1.165, 1.54) is 18.3 Å². The van der Waals surface area contributed by atoms with Gasteiger partial charge in [0.2, 0.25) is 0 Å². The highest BCUT2D eigenvalue weighted by Crippen LogP contribution is 2.40. The topological polar surface area (TPSA) is 79.1 Å². The molecule has 3 fully saturated rings. The van der Waals surface area contributed by atoms with E-state index in [0.29, 0.717) is 23.1 Å². The molecule has 7 nitrogen and oxygen atoms in total. The number of rotatable bonds is 5. The van der Waals surface area contributed by atoms with Crippen LogP contribution >= 0.6 is 0 Å². The molecule has 4 atom stereocenters. The largest absolute Gasteiger partial charge is 0.507 e. The predicted octanol–water partition coefficient (Wildman–Crippen LogP) is 3.59. The molecule has 0 spiro atoms. The summed E-state index contributed by atoms with van der Waals surface area (Å²) >= 11 is 0. The van der Waals surface area contributed by atoms with E-state index in [1.807, 2.05) is 0 Å². The Labute approximate surface area is 190 Å². The van der Waals surface area contributed by atoms with Crippen molar-refractivity contribution in [2.75, 3.05) is 4.90 Å². The van der Waals surface area contributed by atoms with Gasteiger partial charge >= 0.3 is 0 Å². The van der Waals surface area contributed by atoms with Gasteiger partial charge in [0.25, 0.3) is 0 Å². The molecule has 2 saturated heterocycles. The van der Waals surface area contributed by atoms with Crippen molar-refractivity contribution in [1.29, 1.82) is 0 Å². The average molecular weight is 453 g/mol. The summed E-state index contributed by atoms with van der Waals surface area (Å²) in [5, 5.41) is 18.0. The Morgan fingerprint density at radius 1 is 1.09 bits per heavy atom. The average Bonchev–Trinajstić information content (AvgIpc) is 3.41. The SMILES string of the molecule is Cn1cc(-c2cc(O)c(-c3cnc(N(C4CC4)C4CC5CCC(N5)C4F)cn3)cc2F)cn1. The molecule has 6 rings (SSSR count). The maximum absolute atomic E-state index is 15.3. The van der Waals surface area contributed by atoms with Crippen LogP contribution in [-0.2, 0) is 7.05 Å². The zero-order chi connectivity index (χ0) is 22.7. The first-order chi connectivity index (χ1) is 16.0. The summed E-state index contributed by atoms with van der Waals surface area (Å²) in [7, 11) is 1.75. The minimum absolute atomic E-state index is 0.0829. The molecule has 1 saturated carbocycles. The second-order valence-electron chi connectivity index (χ2n) is 9.45. The molecular formula is C24H26F2N6O. The minimum Gasteiger partial charge on any atom is -0.507 e. The van der Waals surface area contributed by atoms with Crippen molar-refractivity contribution in [3.63, 3.8) is 0 Å². The van der Waals surface area contributed by atoms with E-state index in [4.69, 9.17) is 0 Å². The van der Waals surface area contributed by atoms with Gasteiger partial charge in [-0.15, -0.1) is 0 Å². The zero-order valence-corrected chi connectivity index (χ0v) is 18.3. The van der Waals surface area contributed by atoms with E-state index < -0.39 is 12.0 Å². The predicted molar refractivity (Wildman–Crippen MR) is 120 cm³/mol. The lowest BCUT2D eigenvalue weighted by Crippen LogP contribution is -2.57. The van der Waals surface area contributed by atoms with Crippen LogP contribution in [0.1, 0.15) is 32.1 Å². The second kappa shape index (κ2) is 7.76. The van der Waals surface area contributed by atoms with Crippen molar-refractivity contribution in [3.8, 4) is 28.1 Å². The van der Waals surface area contributed by atoms with Crippen molar-refractivity contribution < 1.29 is 13.9 Å². The summed E-state index contributed by atoms with van der Waals surface area (Å²) < 4.78 is 31.7.